The van der Waals surface area contributed by atoms with Crippen LogP contribution in [0.4, 0.5) is 4.79 Å². The highest BCUT2D eigenvalue weighted by Crippen LogP contribution is 2.32. The van der Waals surface area contributed by atoms with E-state index in [0.29, 0.717) is 0 Å². The summed E-state index contributed by atoms with van der Waals surface area (Å²) in [7, 11) is 0. The van der Waals surface area contributed by atoms with E-state index in [9.17, 15) is 4.79 Å². The number of carbonyl (C=O) groups excluding carboxylic acids is 1. The first-order valence-electron chi connectivity index (χ1n) is 3.59. The van der Waals surface area contributed by atoms with Gasteiger partial charge in [-0.2, -0.15) is 10.1 Å². The van der Waals surface area contributed by atoms with Crippen LogP contribution in [-0.4, -0.2) is 16.1 Å². The summed E-state index contributed by atoms with van der Waals surface area (Å²) in [6.07, 6.45) is 0. The molecular weight excluding hydrogens is 174 g/mol. The molecule has 2 N–H and O–H groups in total. The summed E-state index contributed by atoms with van der Waals surface area (Å²) in [5, 5.41) is 6.10. The molecule has 0 aromatic carbocycles. The molecule has 5 heteroatoms. The van der Waals surface area contributed by atoms with E-state index in [2.05, 4.69) is 5.10 Å². The maximum Gasteiger partial charge on any atom is 0.336 e. The summed E-state index contributed by atoms with van der Waals surface area (Å²) in [6, 6.07) is -0.540. The summed E-state index contributed by atoms with van der Waals surface area (Å²) in [6.45, 7) is 6.12. The largest absolute Gasteiger partial charge is 0.350 e. The fourth-order valence-corrected chi connectivity index (χ4v) is 1.51. The average Bonchev–Trinajstić information content (AvgIpc) is 2.30. The third kappa shape index (κ3) is 1.91. The van der Waals surface area contributed by atoms with Crippen molar-refractivity contribution in [2.75, 3.05) is 0 Å². The number of nitrogens with two attached hydrogens (primary N) is 1. The summed E-state index contributed by atoms with van der Waals surface area (Å²) >= 11 is 1.44. The lowest BCUT2D eigenvalue weighted by atomic mass is 9.99. The molecule has 1 aliphatic rings. The Bertz CT molecular complexity index is 231. The molecule has 0 aliphatic carbocycles. The highest BCUT2D eigenvalue weighted by molar-refractivity contribution is 8.15. The van der Waals surface area contributed by atoms with Crippen molar-refractivity contribution in [2.24, 2.45) is 16.3 Å². The van der Waals surface area contributed by atoms with Crippen molar-refractivity contribution in [3.8, 4) is 0 Å². The van der Waals surface area contributed by atoms with E-state index in [0.717, 1.165) is 10.1 Å². The summed E-state index contributed by atoms with van der Waals surface area (Å²) < 4.78 is 0. The van der Waals surface area contributed by atoms with Crippen LogP contribution in [0.2, 0.25) is 0 Å². The van der Waals surface area contributed by atoms with Gasteiger partial charge in [-0.3, -0.25) is 0 Å². The van der Waals surface area contributed by atoms with Gasteiger partial charge in [0.05, 0.1) is 0 Å². The van der Waals surface area contributed by atoms with Gasteiger partial charge in [0.2, 0.25) is 0 Å². The first-order valence-corrected chi connectivity index (χ1v) is 4.47. The van der Waals surface area contributed by atoms with Crippen LogP contribution in [0.1, 0.15) is 20.8 Å². The van der Waals surface area contributed by atoms with E-state index in [-0.39, 0.29) is 5.41 Å². The number of nitrogens with zero attached hydrogens (tertiary/aromatic N) is 2. The van der Waals surface area contributed by atoms with Gasteiger partial charge in [0.25, 0.3) is 0 Å². The molecule has 2 amide bonds. The fraction of sp³-hybridized carbons (Fsp3) is 0.571. The van der Waals surface area contributed by atoms with Crippen LogP contribution in [0.5, 0.6) is 0 Å². The zero-order valence-corrected chi connectivity index (χ0v) is 8.18. The van der Waals surface area contributed by atoms with Gasteiger partial charge in [0.15, 0.2) is 0 Å². The Balaban J connectivity index is 2.73. The Morgan fingerprint density at radius 3 is 2.50 bits per heavy atom. The Kier molecular flexibility index (Phi) is 2.32. The fourth-order valence-electron chi connectivity index (χ4n) is 0.673. The number of amides is 2. The maximum atomic E-state index is 10.7. The molecular formula is C7H12N3OS. The van der Waals surface area contributed by atoms with Crippen molar-refractivity contribution in [1.29, 1.82) is 0 Å². The predicted molar refractivity (Wildman–Crippen MR) is 50.2 cm³/mol. The maximum absolute atomic E-state index is 10.7. The van der Waals surface area contributed by atoms with Crippen LogP contribution in [0.3, 0.4) is 0 Å². The molecule has 0 bridgehead atoms. The molecule has 1 rings (SSSR count). The van der Waals surface area contributed by atoms with Crippen molar-refractivity contribution in [1.82, 2.24) is 5.01 Å². The molecule has 0 spiro atoms. The average molecular weight is 186 g/mol. The van der Waals surface area contributed by atoms with E-state index in [1.165, 1.54) is 11.8 Å². The van der Waals surface area contributed by atoms with Gasteiger partial charge in [-0.05, 0) is 0 Å². The van der Waals surface area contributed by atoms with Gasteiger partial charge >= 0.3 is 6.03 Å². The van der Waals surface area contributed by atoms with Crippen LogP contribution >= 0.6 is 11.8 Å². The van der Waals surface area contributed by atoms with Gasteiger partial charge in [0, 0.05) is 5.41 Å². The van der Waals surface area contributed by atoms with Gasteiger partial charge in [-0.25, -0.2) is 4.79 Å². The number of urea groups is 1. The van der Waals surface area contributed by atoms with Crippen LogP contribution in [-0.2, 0) is 0 Å². The zero-order valence-electron chi connectivity index (χ0n) is 7.37. The van der Waals surface area contributed by atoms with Crippen molar-refractivity contribution in [3.63, 3.8) is 0 Å². The number of hydrazone groups is 1. The predicted octanol–water partition coefficient (Wildman–Crippen LogP) is 1.59. The van der Waals surface area contributed by atoms with E-state index in [1.54, 1.807) is 5.88 Å². The van der Waals surface area contributed by atoms with Crippen molar-refractivity contribution in [2.45, 2.75) is 20.8 Å². The van der Waals surface area contributed by atoms with Crippen LogP contribution in [0.15, 0.2) is 5.10 Å². The molecule has 67 valence electrons. The third-order valence-electron chi connectivity index (χ3n) is 1.33. The lowest BCUT2D eigenvalue weighted by Crippen LogP contribution is -2.26. The number of primary amides is 1. The smallest absolute Gasteiger partial charge is 0.336 e. The van der Waals surface area contributed by atoms with E-state index < -0.39 is 6.03 Å². The normalized spacial score (nSPS) is 17.9. The quantitative estimate of drug-likeness (QED) is 0.624. The van der Waals surface area contributed by atoms with E-state index in [1.807, 2.05) is 20.8 Å². The Morgan fingerprint density at radius 1 is 1.67 bits per heavy atom. The number of hydrogen-bond donors (Lipinski definition) is 1. The molecule has 0 atom stereocenters. The standard InChI is InChI=1S/C7H12N3OS/c1-7(2,3)5-9-10(4-12-5)6(8)11/h4H,1-3H3,(H2,8,11). The Hall–Kier alpha value is -0.710. The molecule has 0 unspecified atom stereocenters. The van der Waals surface area contributed by atoms with Gasteiger partial charge < -0.3 is 5.73 Å². The highest BCUT2D eigenvalue weighted by atomic mass is 32.2. The lowest BCUT2D eigenvalue weighted by molar-refractivity contribution is 0.224. The van der Waals surface area contributed by atoms with Crippen molar-refractivity contribution in [3.05, 3.63) is 5.88 Å². The minimum absolute atomic E-state index is 0.0225. The summed E-state index contributed by atoms with van der Waals surface area (Å²) in [5.41, 5.74) is 5.02. The second-order valence-corrected chi connectivity index (χ2v) is 4.39. The van der Waals surface area contributed by atoms with E-state index >= 15 is 0 Å². The van der Waals surface area contributed by atoms with Gasteiger partial charge in [-0.1, -0.05) is 32.5 Å². The number of rotatable bonds is 0. The second-order valence-electron chi connectivity index (χ2n) is 3.56. The number of thioether (sulfide) groups is 1. The minimum atomic E-state index is -0.540. The monoisotopic (exact) mass is 186 g/mol. The molecule has 1 aliphatic heterocycles. The lowest BCUT2D eigenvalue weighted by Gasteiger charge is -2.15. The molecule has 1 heterocycles. The number of hydrogen-bond acceptors (Lipinski definition) is 3. The first kappa shape index (κ1) is 9.38. The zero-order chi connectivity index (χ0) is 9.35. The molecule has 0 saturated heterocycles. The van der Waals surface area contributed by atoms with E-state index in [4.69, 9.17) is 5.73 Å². The number of carbonyl (C=O) groups is 1. The van der Waals surface area contributed by atoms with Crippen molar-refractivity contribution >= 4 is 22.8 Å². The Morgan fingerprint density at radius 2 is 2.25 bits per heavy atom. The Labute approximate surface area is 76.2 Å². The summed E-state index contributed by atoms with van der Waals surface area (Å²) in [5.74, 6) is 1.61. The molecule has 0 saturated carbocycles. The molecule has 4 nitrogen and oxygen atoms in total. The molecule has 0 aromatic heterocycles. The SMILES string of the molecule is CC(C)(C)C1=NN(C(N)=O)[CH]S1. The first-order chi connectivity index (χ1) is 5.41. The third-order valence-corrected chi connectivity index (χ3v) is 2.55. The van der Waals surface area contributed by atoms with Crippen LogP contribution < -0.4 is 5.73 Å². The molecule has 12 heavy (non-hydrogen) atoms. The molecule has 0 aromatic rings. The van der Waals surface area contributed by atoms with Crippen molar-refractivity contribution < 1.29 is 4.79 Å². The summed E-state index contributed by atoms with van der Waals surface area (Å²) in [4.78, 5) is 10.7. The minimum Gasteiger partial charge on any atom is -0.350 e. The van der Waals surface area contributed by atoms with Crippen LogP contribution in [0, 0.1) is 11.3 Å². The molecule has 1 radical (unpaired) electrons. The highest BCUT2D eigenvalue weighted by Gasteiger charge is 2.28. The van der Waals surface area contributed by atoms with Gasteiger partial charge in [0.1, 0.15) is 10.9 Å². The van der Waals surface area contributed by atoms with Gasteiger partial charge in [-0.15, -0.1) is 0 Å². The molecule has 0 fully saturated rings. The second kappa shape index (κ2) is 2.97. The topological polar surface area (TPSA) is 58.7 Å². The van der Waals surface area contributed by atoms with Crippen LogP contribution in [0.25, 0.3) is 0 Å².